The number of pyridine rings is 1. The third-order valence-electron chi connectivity index (χ3n) is 8.08. The SMILES string of the molecule is CC(C)(O)CCC(=O)c1ccnc([C@@]23CC[C@@H](c4cc(-c5c(F)cccc5F)nnc42)C3(C)C)c1. The van der Waals surface area contributed by atoms with Gasteiger partial charge in [0, 0.05) is 18.2 Å². The van der Waals surface area contributed by atoms with Crippen molar-refractivity contribution in [1.29, 1.82) is 0 Å². The first-order chi connectivity index (χ1) is 16.5. The van der Waals surface area contributed by atoms with Gasteiger partial charge in [0.15, 0.2) is 5.78 Å². The van der Waals surface area contributed by atoms with E-state index in [2.05, 4.69) is 24.0 Å². The van der Waals surface area contributed by atoms with Crippen LogP contribution in [0.15, 0.2) is 42.6 Å². The molecule has 0 unspecified atom stereocenters. The molecule has 7 heteroatoms. The molecule has 1 fully saturated rings. The van der Waals surface area contributed by atoms with Gasteiger partial charge in [0.2, 0.25) is 0 Å². The second-order valence-corrected chi connectivity index (χ2v) is 11.0. The fourth-order valence-corrected chi connectivity index (χ4v) is 6.16. The molecule has 5 nitrogen and oxygen atoms in total. The molecule has 0 amide bonds. The largest absolute Gasteiger partial charge is 0.390 e. The fraction of sp³-hybridized carbons (Fsp3) is 0.429. The van der Waals surface area contributed by atoms with E-state index in [9.17, 15) is 18.7 Å². The summed E-state index contributed by atoms with van der Waals surface area (Å²) < 4.78 is 28.9. The highest BCUT2D eigenvalue weighted by Gasteiger charge is 2.65. The summed E-state index contributed by atoms with van der Waals surface area (Å²) in [5.74, 6) is -1.27. The first-order valence-electron chi connectivity index (χ1n) is 12.0. The minimum atomic E-state index is -0.916. The van der Waals surface area contributed by atoms with Gasteiger partial charge in [-0.25, -0.2) is 8.78 Å². The number of Topliss-reactive ketones (excluding diaryl/α,β-unsaturated/α-hetero) is 1. The summed E-state index contributed by atoms with van der Waals surface area (Å²) in [5, 5.41) is 18.8. The fourth-order valence-electron chi connectivity index (χ4n) is 6.16. The monoisotopic (exact) mass is 477 g/mol. The Labute approximate surface area is 203 Å². The second kappa shape index (κ2) is 7.98. The Balaban J connectivity index is 1.59. The lowest BCUT2D eigenvalue weighted by molar-refractivity contribution is 0.0633. The van der Waals surface area contributed by atoms with E-state index in [0.29, 0.717) is 12.0 Å². The molecule has 0 saturated heterocycles. The molecule has 1 saturated carbocycles. The highest BCUT2D eigenvalue weighted by molar-refractivity contribution is 5.96. The van der Waals surface area contributed by atoms with Gasteiger partial charge in [0.1, 0.15) is 11.6 Å². The number of ketones is 1. The summed E-state index contributed by atoms with van der Waals surface area (Å²) in [7, 11) is 0. The minimum Gasteiger partial charge on any atom is -0.390 e. The maximum Gasteiger partial charge on any atom is 0.163 e. The highest BCUT2D eigenvalue weighted by Crippen LogP contribution is 2.69. The molecule has 2 aliphatic rings. The van der Waals surface area contributed by atoms with Gasteiger partial charge in [-0.05, 0) is 80.3 Å². The van der Waals surface area contributed by atoms with Gasteiger partial charge in [-0.2, -0.15) is 5.10 Å². The van der Waals surface area contributed by atoms with Crippen LogP contribution in [0.25, 0.3) is 11.3 Å². The highest BCUT2D eigenvalue weighted by atomic mass is 19.1. The van der Waals surface area contributed by atoms with Crippen molar-refractivity contribution in [3.8, 4) is 11.3 Å². The van der Waals surface area contributed by atoms with E-state index < -0.39 is 22.7 Å². The Morgan fingerprint density at radius 2 is 1.86 bits per heavy atom. The predicted molar refractivity (Wildman–Crippen MR) is 128 cm³/mol. The summed E-state index contributed by atoms with van der Waals surface area (Å²) in [6.07, 6.45) is 3.93. The van der Waals surface area contributed by atoms with Crippen molar-refractivity contribution in [2.24, 2.45) is 5.41 Å². The number of fused-ring (bicyclic) bond motifs is 5. The quantitative estimate of drug-likeness (QED) is 0.457. The Hall–Kier alpha value is -3.06. The van der Waals surface area contributed by atoms with E-state index in [-0.39, 0.29) is 34.8 Å². The summed E-state index contributed by atoms with van der Waals surface area (Å²) in [4.78, 5) is 17.6. The number of carbonyl (C=O) groups excluding carboxylic acids is 1. The van der Waals surface area contributed by atoms with Crippen LogP contribution in [0.2, 0.25) is 0 Å². The summed E-state index contributed by atoms with van der Waals surface area (Å²) in [5.41, 5.74) is 1.28. The predicted octanol–water partition coefficient (Wildman–Crippen LogP) is 5.75. The lowest BCUT2D eigenvalue weighted by Crippen LogP contribution is -2.38. The summed E-state index contributed by atoms with van der Waals surface area (Å²) in [6, 6.07) is 9.09. The maximum absolute atomic E-state index is 14.5. The smallest absolute Gasteiger partial charge is 0.163 e. The average molecular weight is 478 g/mol. The average Bonchev–Trinajstić information content (AvgIpc) is 3.18. The number of hydrogen-bond donors (Lipinski definition) is 1. The van der Waals surface area contributed by atoms with E-state index in [0.717, 1.165) is 29.8 Å². The van der Waals surface area contributed by atoms with Gasteiger partial charge in [-0.3, -0.25) is 9.78 Å². The van der Waals surface area contributed by atoms with Gasteiger partial charge in [0.05, 0.1) is 33.7 Å². The van der Waals surface area contributed by atoms with E-state index in [1.54, 1.807) is 32.2 Å². The van der Waals surface area contributed by atoms with Gasteiger partial charge >= 0.3 is 0 Å². The normalized spacial score (nSPS) is 22.3. The standard InChI is InChI=1S/C28H29F2N3O2/c1-26(2,35)11-9-22(34)16-10-13-31-23(14-16)28-12-8-18(27(28,3)4)17-15-21(32-33-25(17)28)24-19(29)6-5-7-20(24)30/h5-7,10,13-15,18,35H,8-9,11-12H2,1-4H3/t18-,28-/m0/s1. The van der Waals surface area contributed by atoms with Crippen molar-refractivity contribution < 1.29 is 18.7 Å². The summed E-state index contributed by atoms with van der Waals surface area (Å²) >= 11 is 0. The zero-order valence-electron chi connectivity index (χ0n) is 20.4. The minimum absolute atomic E-state index is 0.0470. The molecule has 0 aliphatic heterocycles. The Morgan fingerprint density at radius 1 is 1.14 bits per heavy atom. The molecule has 0 spiro atoms. The van der Waals surface area contributed by atoms with Gasteiger partial charge in [0.25, 0.3) is 0 Å². The second-order valence-electron chi connectivity index (χ2n) is 11.0. The molecule has 182 valence electrons. The van der Waals surface area contributed by atoms with Crippen LogP contribution < -0.4 is 0 Å². The molecule has 2 bridgehead atoms. The van der Waals surface area contributed by atoms with Crippen LogP contribution in [-0.4, -0.2) is 31.7 Å². The van der Waals surface area contributed by atoms with Crippen molar-refractivity contribution >= 4 is 5.78 Å². The number of halogens is 2. The van der Waals surface area contributed by atoms with Crippen molar-refractivity contribution in [2.45, 2.75) is 70.3 Å². The first-order valence-corrected chi connectivity index (χ1v) is 12.0. The Morgan fingerprint density at radius 3 is 2.54 bits per heavy atom. The molecule has 2 heterocycles. The number of carbonyl (C=O) groups is 1. The van der Waals surface area contributed by atoms with Gasteiger partial charge in [-0.15, -0.1) is 5.10 Å². The first kappa shape index (κ1) is 23.7. The molecule has 2 aromatic heterocycles. The molecule has 5 rings (SSSR count). The molecule has 2 atom stereocenters. The number of aliphatic hydroxyl groups is 1. The Kier molecular flexibility index (Phi) is 5.40. The number of rotatable bonds is 6. The zero-order chi connectivity index (χ0) is 25.2. The van der Waals surface area contributed by atoms with E-state index >= 15 is 0 Å². The molecular formula is C28H29F2N3O2. The molecule has 0 radical (unpaired) electrons. The van der Waals surface area contributed by atoms with Crippen LogP contribution in [0.3, 0.4) is 0 Å². The van der Waals surface area contributed by atoms with Crippen molar-refractivity contribution in [3.63, 3.8) is 0 Å². The molecule has 1 N–H and O–H groups in total. The zero-order valence-corrected chi connectivity index (χ0v) is 20.4. The van der Waals surface area contributed by atoms with Gasteiger partial charge in [-0.1, -0.05) is 19.9 Å². The van der Waals surface area contributed by atoms with Gasteiger partial charge < -0.3 is 5.11 Å². The number of benzene rings is 1. The van der Waals surface area contributed by atoms with E-state index in [1.807, 2.05) is 6.07 Å². The van der Waals surface area contributed by atoms with Crippen LogP contribution in [-0.2, 0) is 5.41 Å². The van der Waals surface area contributed by atoms with Crippen LogP contribution in [0, 0.1) is 17.0 Å². The van der Waals surface area contributed by atoms with Crippen LogP contribution in [0.1, 0.15) is 86.6 Å². The third kappa shape index (κ3) is 3.59. The molecule has 1 aromatic carbocycles. The molecule has 2 aliphatic carbocycles. The van der Waals surface area contributed by atoms with Crippen LogP contribution in [0.5, 0.6) is 0 Å². The topological polar surface area (TPSA) is 76.0 Å². The van der Waals surface area contributed by atoms with Crippen molar-refractivity contribution in [3.05, 3.63) is 76.7 Å². The molecule has 3 aromatic rings. The number of aromatic nitrogens is 3. The molecule has 35 heavy (non-hydrogen) atoms. The summed E-state index contributed by atoms with van der Waals surface area (Å²) in [6.45, 7) is 7.71. The van der Waals surface area contributed by atoms with Crippen molar-refractivity contribution in [2.75, 3.05) is 0 Å². The van der Waals surface area contributed by atoms with E-state index in [4.69, 9.17) is 4.98 Å². The lowest BCUT2D eigenvalue weighted by Gasteiger charge is -2.37. The van der Waals surface area contributed by atoms with Crippen LogP contribution >= 0.6 is 0 Å². The Bertz CT molecular complexity index is 1310. The molecular weight excluding hydrogens is 448 g/mol. The maximum atomic E-state index is 14.5. The lowest BCUT2D eigenvalue weighted by atomic mass is 9.66. The van der Waals surface area contributed by atoms with E-state index in [1.165, 1.54) is 18.2 Å². The number of hydrogen-bond acceptors (Lipinski definition) is 5. The van der Waals surface area contributed by atoms with Crippen LogP contribution in [0.4, 0.5) is 8.78 Å². The third-order valence-corrected chi connectivity index (χ3v) is 8.08. The van der Waals surface area contributed by atoms with Crippen molar-refractivity contribution in [1.82, 2.24) is 15.2 Å². The number of nitrogens with zero attached hydrogens (tertiary/aromatic N) is 3.